The van der Waals surface area contributed by atoms with Crippen LogP contribution in [0.4, 0.5) is 10.1 Å². The summed E-state index contributed by atoms with van der Waals surface area (Å²) < 4.78 is 20.5. The highest BCUT2D eigenvalue weighted by molar-refractivity contribution is 9.10. The summed E-state index contributed by atoms with van der Waals surface area (Å²) in [5.74, 6) is -0.771. The Morgan fingerprint density at radius 2 is 1.89 bits per heavy atom. The van der Waals surface area contributed by atoms with Gasteiger partial charge in [0.1, 0.15) is 18.2 Å². The zero-order valence-electron chi connectivity index (χ0n) is 14.6. The van der Waals surface area contributed by atoms with Crippen LogP contribution in [0.2, 0.25) is 5.02 Å². The van der Waals surface area contributed by atoms with Gasteiger partial charge in [-0.2, -0.15) is 0 Å². The smallest absolute Gasteiger partial charge is 0.337 e. The number of carboxylic acid groups (broad SMARTS) is 1. The second-order valence-electron chi connectivity index (χ2n) is 5.99. The van der Waals surface area contributed by atoms with Gasteiger partial charge < -0.3 is 15.2 Å². The number of anilines is 1. The predicted octanol–water partition coefficient (Wildman–Crippen LogP) is 6.13. The van der Waals surface area contributed by atoms with E-state index in [0.717, 1.165) is 10.0 Å². The van der Waals surface area contributed by atoms with E-state index in [1.807, 2.05) is 18.2 Å². The lowest BCUT2D eigenvalue weighted by atomic mass is 10.1. The highest BCUT2D eigenvalue weighted by Crippen LogP contribution is 2.27. The minimum absolute atomic E-state index is 0.0450. The Bertz CT molecular complexity index is 1010. The van der Waals surface area contributed by atoms with Crippen molar-refractivity contribution in [2.75, 3.05) is 5.32 Å². The van der Waals surface area contributed by atoms with Gasteiger partial charge in [0.2, 0.25) is 0 Å². The zero-order chi connectivity index (χ0) is 20.1. The van der Waals surface area contributed by atoms with Gasteiger partial charge in [-0.15, -0.1) is 0 Å². The third-order valence-corrected chi connectivity index (χ3v) is 4.85. The molecule has 28 heavy (non-hydrogen) atoms. The summed E-state index contributed by atoms with van der Waals surface area (Å²) in [6.45, 7) is 0.523. The monoisotopic (exact) mass is 463 g/mol. The van der Waals surface area contributed by atoms with Crippen molar-refractivity contribution in [3.05, 3.63) is 92.7 Å². The van der Waals surface area contributed by atoms with E-state index in [4.69, 9.17) is 21.4 Å². The van der Waals surface area contributed by atoms with Crippen molar-refractivity contribution >= 4 is 39.2 Å². The minimum atomic E-state index is -1.08. The lowest BCUT2D eigenvalue weighted by molar-refractivity contribution is 0.0697. The molecule has 4 nitrogen and oxygen atoms in total. The van der Waals surface area contributed by atoms with Crippen LogP contribution in [-0.4, -0.2) is 11.1 Å². The summed E-state index contributed by atoms with van der Waals surface area (Å²) in [7, 11) is 0. The average Bonchev–Trinajstić information content (AvgIpc) is 2.66. The number of ether oxygens (including phenoxy) is 1. The standard InChI is InChI=1S/C21H16BrClFNO3/c22-15-5-8-20(28-12-13-3-1-2-4-19(13)24)14(9-15)11-25-16-6-7-17(21(26)27)18(23)10-16/h1-10,25H,11-12H2,(H,26,27). The molecule has 0 aliphatic carbocycles. The van der Waals surface area contributed by atoms with Crippen LogP contribution >= 0.6 is 27.5 Å². The van der Waals surface area contributed by atoms with E-state index in [1.165, 1.54) is 12.1 Å². The van der Waals surface area contributed by atoms with E-state index in [2.05, 4.69) is 21.2 Å². The molecule has 0 heterocycles. The molecule has 2 N–H and O–H groups in total. The number of hydrogen-bond acceptors (Lipinski definition) is 3. The van der Waals surface area contributed by atoms with Crippen LogP contribution in [0.1, 0.15) is 21.5 Å². The maximum atomic E-state index is 13.8. The molecule has 0 atom stereocenters. The van der Waals surface area contributed by atoms with E-state index in [1.54, 1.807) is 30.3 Å². The molecule has 3 aromatic carbocycles. The number of aromatic carboxylic acids is 1. The Hall–Kier alpha value is -2.57. The van der Waals surface area contributed by atoms with Crippen molar-refractivity contribution in [3.63, 3.8) is 0 Å². The van der Waals surface area contributed by atoms with E-state index < -0.39 is 5.97 Å². The topological polar surface area (TPSA) is 58.6 Å². The van der Waals surface area contributed by atoms with E-state index in [-0.39, 0.29) is 23.0 Å². The van der Waals surface area contributed by atoms with Gasteiger partial charge in [-0.1, -0.05) is 45.7 Å². The van der Waals surface area contributed by atoms with Crippen molar-refractivity contribution in [1.82, 2.24) is 0 Å². The first kappa shape index (κ1) is 20.2. The van der Waals surface area contributed by atoms with E-state index >= 15 is 0 Å². The first-order valence-electron chi connectivity index (χ1n) is 8.35. The Morgan fingerprint density at radius 1 is 1.11 bits per heavy atom. The van der Waals surface area contributed by atoms with Gasteiger partial charge in [-0.05, 0) is 42.5 Å². The Balaban J connectivity index is 1.73. The summed E-state index contributed by atoms with van der Waals surface area (Å²) >= 11 is 9.44. The fourth-order valence-corrected chi connectivity index (χ4v) is 3.26. The van der Waals surface area contributed by atoms with Gasteiger partial charge in [0, 0.05) is 27.8 Å². The van der Waals surface area contributed by atoms with Crippen molar-refractivity contribution in [2.45, 2.75) is 13.2 Å². The minimum Gasteiger partial charge on any atom is -0.488 e. The molecule has 0 aromatic heterocycles. The molecule has 0 bridgehead atoms. The first-order valence-corrected chi connectivity index (χ1v) is 9.52. The number of carbonyl (C=O) groups is 1. The third kappa shape index (κ3) is 5.03. The second kappa shape index (κ2) is 9.08. The molecule has 0 saturated heterocycles. The van der Waals surface area contributed by atoms with Crippen molar-refractivity contribution < 1.29 is 19.0 Å². The van der Waals surface area contributed by atoms with E-state index in [9.17, 15) is 9.18 Å². The number of hydrogen-bond donors (Lipinski definition) is 2. The van der Waals surface area contributed by atoms with Crippen LogP contribution in [0.3, 0.4) is 0 Å². The molecule has 0 unspecified atom stereocenters. The molecular formula is C21H16BrClFNO3. The summed E-state index contributed by atoms with van der Waals surface area (Å²) in [5.41, 5.74) is 2.04. The maximum absolute atomic E-state index is 13.8. The molecule has 0 fully saturated rings. The zero-order valence-corrected chi connectivity index (χ0v) is 16.9. The van der Waals surface area contributed by atoms with Crippen LogP contribution in [-0.2, 0) is 13.2 Å². The highest BCUT2D eigenvalue weighted by Gasteiger charge is 2.10. The maximum Gasteiger partial charge on any atom is 0.337 e. The highest BCUT2D eigenvalue weighted by atomic mass is 79.9. The van der Waals surface area contributed by atoms with Gasteiger partial charge >= 0.3 is 5.97 Å². The number of benzene rings is 3. The quantitative estimate of drug-likeness (QED) is 0.441. The Kier molecular flexibility index (Phi) is 6.54. The molecule has 7 heteroatoms. The van der Waals surface area contributed by atoms with Gasteiger partial charge in [-0.3, -0.25) is 0 Å². The molecule has 144 valence electrons. The molecule has 0 saturated carbocycles. The summed E-state index contributed by atoms with van der Waals surface area (Å²) in [4.78, 5) is 11.1. The number of halogens is 3. The van der Waals surface area contributed by atoms with Crippen LogP contribution in [0.5, 0.6) is 5.75 Å². The number of rotatable bonds is 7. The predicted molar refractivity (Wildman–Crippen MR) is 111 cm³/mol. The van der Waals surface area contributed by atoms with E-state index in [0.29, 0.717) is 23.5 Å². The van der Waals surface area contributed by atoms with Gasteiger partial charge in [0.25, 0.3) is 0 Å². The SMILES string of the molecule is O=C(O)c1ccc(NCc2cc(Br)ccc2OCc2ccccc2F)cc1Cl. The molecule has 0 aliphatic heterocycles. The summed E-state index contributed by atoms with van der Waals surface area (Å²) in [5, 5.41) is 12.4. The molecule has 0 amide bonds. The van der Waals surface area contributed by atoms with Crippen LogP contribution < -0.4 is 10.1 Å². The fraction of sp³-hybridized carbons (Fsp3) is 0.0952. The van der Waals surface area contributed by atoms with Gasteiger partial charge in [0.15, 0.2) is 0 Å². The molecule has 0 spiro atoms. The van der Waals surface area contributed by atoms with Gasteiger partial charge in [-0.25, -0.2) is 9.18 Å². The van der Waals surface area contributed by atoms with Crippen LogP contribution in [0.25, 0.3) is 0 Å². The van der Waals surface area contributed by atoms with Gasteiger partial charge in [0.05, 0.1) is 10.6 Å². The Labute approximate surface area is 175 Å². The molecular weight excluding hydrogens is 449 g/mol. The normalized spacial score (nSPS) is 10.5. The molecule has 0 aliphatic rings. The Morgan fingerprint density at radius 3 is 2.61 bits per heavy atom. The van der Waals surface area contributed by atoms with Crippen LogP contribution in [0, 0.1) is 5.82 Å². The summed E-state index contributed by atoms with van der Waals surface area (Å²) in [6, 6.07) is 16.7. The molecule has 0 radical (unpaired) electrons. The lowest BCUT2D eigenvalue weighted by Crippen LogP contribution is -2.05. The number of carboxylic acids is 1. The van der Waals surface area contributed by atoms with Crippen molar-refractivity contribution in [1.29, 1.82) is 0 Å². The summed E-state index contributed by atoms with van der Waals surface area (Å²) in [6.07, 6.45) is 0. The molecule has 3 aromatic rings. The third-order valence-electron chi connectivity index (χ3n) is 4.05. The molecule has 3 rings (SSSR count). The van der Waals surface area contributed by atoms with Crippen molar-refractivity contribution in [2.24, 2.45) is 0 Å². The fourth-order valence-electron chi connectivity index (χ4n) is 2.59. The number of nitrogens with one attached hydrogen (secondary N) is 1. The average molecular weight is 465 g/mol. The second-order valence-corrected chi connectivity index (χ2v) is 7.31. The largest absolute Gasteiger partial charge is 0.488 e. The van der Waals surface area contributed by atoms with Crippen molar-refractivity contribution in [3.8, 4) is 5.75 Å². The first-order chi connectivity index (χ1) is 13.4. The lowest BCUT2D eigenvalue weighted by Gasteiger charge is -2.14. The van der Waals surface area contributed by atoms with Crippen LogP contribution in [0.15, 0.2) is 65.1 Å².